The minimum absolute atomic E-state index is 0.0664. The summed E-state index contributed by atoms with van der Waals surface area (Å²) in [5.41, 5.74) is 4.31. The number of carbonyl (C=O) groups is 1. The Hall–Kier alpha value is -5.31. The molecule has 1 aliphatic carbocycles. The van der Waals surface area contributed by atoms with Gasteiger partial charge in [-0.25, -0.2) is 14.6 Å². The van der Waals surface area contributed by atoms with Gasteiger partial charge in [0.05, 0.1) is 16.8 Å². The Morgan fingerprint density at radius 2 is 1.76 bits per heavy atom. The Labute approximate surface area is 258 Å². The van der Waals surface area contributed by atoms with Crippen molar-refractivity contribution in [1.29, 1.82) is 0 Å². The van der Waals surface area contributed by atoms with E-state index in [0.29, 0.717) is 45.3 Å². The van der Waals surface area contributed by atoms with Gasteiger partial charge in [0.15, 0.2) is 23.0 Å². The molecule has 9 nitrogen and oxygen atoms in total. The number of fused-ring (bicyclic) bond motifs is 4. The highest BCUT2D eigenvalue weighted by atomic mass is 16.7. The van der Waals surface area contributed by atoms with Crippen molar-refractivity contribution in [2.45, 2.75) is 40.2 Å². The fraction of sp³-hybridized carbons (Fsp3) is 0.250. The third kappa shape index (κ3) is 5.24. The van der Waals surface area contributed by atoms with Crippen LogP contribution in [0.15, 0.2) is 69.9 Å². The van der Waals surface area contributed by atoms with Gasteiger partial charge in [0.2, 0.25) is 6.79 Å². The number of esters is 1. The van der Waals surface area contributed by atoms with E-state index in [4.69, 9.17) is 23.6 Å². The van der Waals surface area contributed by atoms with E-state index >= 15 is 0 Å². The molecular formula is C36H31NO8. The number of carbonyl (C=O) groups excluding carboxylic acids is 1. The fourth-order valence-corrected chi connectivity index (χ4v) is 6.16. The lowest BCUT2D eigenvalue weighted by Gasteiger charge is -2.36. The van der Waals surface area contributed by atoms with Crippen LogP contribution in [0.1, 0.15) is 59.9 Å². The molecule has 1 unspecified atom stereocenters. The van der Waals surface area contributed by atoms with E-state index in [1.54, 1.807) is 0 Å². The number of allylic oxidation sites excluding steroid dienone is 1. The topological polar surface area (TPSA) is 128 Å². The highest BCUT2D eigenvalue weighted by molar-refractivity contribution is 6.07. The van der Waals surface area contributed by atoms with Crippen LogP contribution in [0.3, 0.4) is 0 Å². The molecule has 0 saturated heterocycles. The number of aromatic nitrogens is 1. The molecular weight excluding hydrogens is 574 g/mol. The monoisotopic (exact) mass is 605 g/mol. The van der Waals surface area contributed by atoms with Gasteiger partial charge in [-0.3, -0.25) is 0 Å². The van der Waals surface area contributed by atoms with Crippen molar-refractivity contribution in [3.05, 3.63) is 99.0 Å². The van der Waals surface area contributed by atoms with Gasteiger partial charge >= 0.3 is 11.6 Å². The van der Waals surface area contributed by atoms with Gasteiger partial charge in [-0.2, -0.15) is 0 Å². The molecule has 2 aliphatic rings. The van der Waals surface area contributed by atoms with E-state index in [1.165, 1.54) is 12.1 Å². The maximum Gasteiger partial charge on any atom is 0.339 e. The van der Waals surface area contributed by atoms with Gasteiger partial charge < -0.3 is 28.8 Å². The van der Waals surface area contributed by atoms with Crippen LogP contribution in [-0.4, -0.2) is 28.0 Å². The number of pyridine rings is 1. The molecule has 0 amide bonds. The van der Waals surface area contributed by atoms with E-state index in [1.807, 2.05) is 42.5 Å². The summed E-state index contributed by atoms with van der Waals surface area (Å²) in [6, 6.07) is 17.0. The second kappa shape index (κ2) is 10.7. The van der Waals surface area contributed by atoms with E-state index < -0.39 is 17.3 Å². The third-order valence-corrected chi connectivity index (χ3v) is 8.66. The number of benzene rings is 3. The molecule has 0 fully saturated rings. The molecule has 0 saturated carbocycles. The first kappa shape index (κ1) is 28.5. The molecule has 5 aromatic rings. The molecule has 3 aromatic carbocycles. The molecule has 7 rings (SSSR count). The van der Waals surface area contributed by atoms with Gasteiger partial charge in [0, 0.05) is 28.5 Å². The van der Waals surface area contributed by atoms with Crippen LogP contribution in [0, 0.1) is 11.3 Å². The average molecular weight is 606 g/mol. The highest BCUT2D eigenvalue weighted by Crippen LogP contribution is 2.45. The van der Waals surface area contributed by atoms with Crippen LogP contribution in [0.2, 0.25) is 0 Å². The number of phenolic OH excluding ortho intramolecular Hbond substituents is 2. The van der Waals surface area contributed by atoms with Gasteiger partial charge in [0.1, 0.15) is 12.2 Å². The van der Waals surface area contributed by atoms with Gasteiger partial charge in [0.25, 0.3) is 0 Å². The Morgan fingerprint density at radius 1 is 0.978 bits per heavy atom. The van der Waals surface area contributed by atoms with E-state index in [2.05, 4.69) is 26.8 Å². The molecule has 228 valence electrons. The number of phenols is 2. The molecule has 3 heterocycles. The molecule has 2 aromatic heterocycles. The molecule has 45 heavy (non-hydrogen) atoms. The number of hydrogen-bond donors (Lipinski definition) is 2. The largest absolute Gasteiger partial charge is 0.504 e. The summed E-state index contributed by atoms with van der Waals surface area (Å²) in [5, 5.41) is 21.0. The molecule has 0 spiro atoms. The van der Waals surface area contributed by atoms with Crippen molar-refractivity contribution >= 4 is 39.5 Å². The summed E-state index contributed by atoms with van der Waals surface area (Å²) in [4.78, 5) is 31.5. The molecule has 0 bridgehead atoms. The molecule has 9 heteroatoms. The summed E-state index contributed by atoms with van der Waals surface area (Å²) in [6.45, 7) is 6.54. The lowest BCUT2D eigenvalue weighted by atomic mass is 9.69. The lowest BCUT2D eigenvalue weighted by Crippen LogP contribution is -2.28. The molecule has 0 radical (unpaired) electrons. The van der Waals surface area contributed by atoms with Crippen molar-refractivity contribution in [2.24, 2.45) is 11.3 Å². The normalized spacial score (nSPS) is 16.7. The first-order chi connectivity index (χ1) is 21.5. The van der Waals surface area contributed by atoms with Crippen LogP contribution < -0.4 is 15.1 Å². The zero-order valence-electron chi connectivity index (χ0n) is 25.0. The smallest absolute Gasteiger partial charge is 0.339 e. The minimum Gasteiger partial charge on any atom is -0.504 e. The quantitative estimate of drug-likeness (QED) is 0.127. The van der Waals surface area contributed by atoms with Crippen LogP contribution >= 0.6 is 0 Å². The number of aromatic hydroxyl groups is 2. The van der Waals surface area contributed by atoms with Crippen molar-refractivity contribution in [1.82, 2.24) is 4.98 Å². The van der Waals surface area contributed by atoms with Gasteiger partial charge in [-0.15, -0.1) is 0 Å². The fourth-order valence-electron chi connectivity index (χ4n) is 6.16. The Balaban J connectivity index is 1.34. The Morgan fingerprint density at radius 3 is 2.58 bits per heavy atom. The number of para-hydroxylation sites is 1. The number of ether oxygens (including phenoxy) is 3. The SMILES string of the molecule is CC(C)(C)C1C/C(=C/c2ccc3c(c2)OCO3)c2nc3ccccc3c(C(=O)OCc3cc(=O)oc4cc(O)c(O)cc34)c2C1. The second-order valence-corrected chi connectivity index (χ2v) is 12.6. The third-order valence-electron chi connectivity index (χ3n) is 8.66. The second-order valence-electron chi connectivity index (χ2n) is 12.6. The van der Waals surface area contributed by atoms with E-state index in [0.717, 1.165) is 34.9 Å². The summed E-state index contributed by atoms with van der Waals surface area (Å²) in [7, 11) is 0. The highest BCUT2D eigenvalue weighted by Gasteiger charge is 2.35. The first-order valence-corrected chi connectivity index (χ1v) is 14.7. The zero-order valence-corrected chi connectivity index (χ0v) is 25.0. The van der Waals surface area contributed by atoms with E-state index in [9.17, 15) is 19.8 Å². The van der Waals surface area contributed by atoms with Crippen molar-refractivity contribution in [3.63, 3.8) is 0 Å². The summed E-state index contributed by atoms with van der Waals surface area (Å²) in [5.74, 6) is 0.249. The van der Waals surface area contributed by atoms with Crippen LogP contribution in [0.5, 0.6) is 23.0 Å². The summed E-state index contributed by atoms with van der Waals surface area (Å²) >= 11 is 0. The Bertz CT molecular complexity index is 2100. The zero-order chi connectivity index (χ0) is 31.5. The van der Waals surface area contributed by atoms with Crippen molar-refractivity contribution < 1.29 is 33.6 Å². The number of rotatable bonds is 4. The number of nitrogens with zero attached hydrogens (tertiary/aromatic N) is 1. The van der Waals surface area contributed by atoms with Crippen molar-refractivity contribution in [2.75, 3.05) is 6.79 Å². The predicted molar refractivity (Wildman–Crippen MR) is 168 cm³/mol. The minimum atomic E-state index is -0.670. The summed E-state index contributed by atoms with van der Waals surface area (Å²) < 4.78 is 22.2. The maximum absolute atomic E-state index is 14.1. The average Bonchev–Trinajstić information content (AvgIpc) is 3.47. The van der Waals surface area contributed by atoms with Crippen molar-refractivity contribution in [3.8, 4) is 23.0 Å². The van der Waals surface area contributed by atoms with Crippen LogP contribution in [0.4, 0.5) is 0 Å². The van der Waals surface area contributed by atoms with Gasteiger partial charge in [-0.05, 0) is 71.2 Å². The first-order valence-electron chi connectivity index (χ1n) is 14.7. The number of hydrogen-bond acceptors (Lipinski definition) is 9. The van der Waals surface area contributed by atoms with Crippen LogP contribution in [-0.2, 0) is 17.8 Å². The molecule has 1 aliphatic heterocycles. The van der Waals surface area contributed by atoms with Crippen LogP contribution in [0.25, 0.3) is 33.5 Å². The standard InChI is InChI=1S/C36H31NO8/c1-36(2,3)22-12-20(10-19-8-9-29-31(11-19)44-18-43-29)34-25(14-22)33(23-6-4-5-7-26(23)37-34)35(41)42-17-21-13-32(40)45-30-16-28(39)27(38)15-24(21)30/h4-11,13,15-16,22,38-39H,12,14,17-18H2,1-3H3/b20-10-. The summed E-state index contributed by atoms with van der Waals surface area (Å²) in [6.07, 6.45) is 3.50. The maximum atomic E-state index is 14.1. The van der Waals surface area contributed by atoms with E-state index in [-0.39, 0.29) is 36.1 Å². The molecule has 1 atom stereocenters. The van der Waals surface area contributed by atoms with Gasteiger partial charge in [-0.1, -0.05) is 45.0 Å². The predicted octanol–water partition coefficient (Wildman–Crippen LogP) is 6.99. The Kier molecular flexibility index (Phi) is 6.76. The molecule has 2 N–H and O–H groups in total. The lowest BCUT2D eigenvalue weighted by molar-refractivity contribution is 0.0473.